The van der Waals surface area contributed by atoms with E-state index >= 15 is 0 Å². The Morgan fingerprint density at radius 3 is 1.43 bits per heavy atom. The minimum atomic E-state index is -0.519. The van der Waals surface area contributed by atoms with E-state index < -0.39 is 19.9 Å². The molecule has 3 N–H and O–H groups in total. The van der Waals surface area contributed by atoms with Crippen LogP contribution < -0.4 is 0 Å². The Morgan fingerprint density at radius 1 is 0.762 bits per heavy atom. The van der Waals surface area contributed by atoms with Gasteiger partial charge in [-0.25, -0.2) is 0 Å². The molecule has 0 aromatic heterocycles. The zero-order valence-electron chi connectivity index (χ0n) is 13.6. The van der Waals surface area contributed by atoms with Crippen molar-refractivity contribution in [3.8, 4) is 0 Å². The zero-order valence-corrected chi connectivity index (χ0v) is 15.2. The van der Waals surface area contributed by atoms with E-state index in [1.54, 1.807) is 4.90 Å². The Kier molecular flexibility index (Phi) is 25.7. The van der Waals surface area contributed by atoms with Crippen LogP contribution in [0.3, 0.4) is 0 Å². The summed E-state index contributed by atoms with van der Waals surface area (Å²) in [6.07, 6.45) is 4.75. The van der Waals surface area contributed by atoms with Gasteiger partial charge in [0.15, 0.2) is 0 Å². The number of hydrogen-bond donors (Lipinski definition) is 3. The quantitative estimate of drug-likeness (QED) is 0.320. The van der Waals surface area contributed by atoms with Gasteiger partial charge in [-0.1, -0.05) is 0 Å². The second-order valence-corrected chi connectivity index (χ2v) is 5.66. The maximum absolute atomic E-state index is 8.48. The monoisotopic (exact) mass is 343 g/mol. The number of hydrogen-bond acceptors (Lipinski definition) is 6. The molecule has 6 nitrogen and oxygen atoms in total. The Balaban J connectivity index is 0. The number of unbranched alkanes of at least 4 members (excludes halogenated alkanes) is 2. The molecule has 0 amide bonds. The molecule has 0 radical (unpaired) electrons. The van der Waals surface area contributed by atoms with E-state index in [1.807, 2.05) is 0 Å². The molecule has 7 heteroatoms. The second-order valence-electron chi connectivity index (χ2n) is 4.50. The second kappa shape index (κ2) is 22.8. The van der Waals surface area contributed by atoms with Crippen molar-refractivity contribution in [2.45, 2.75) is 39.5 Å². The van der Waals surface area contributed by atoms with E-state index in [2.05, 4.69) is 13.8 Å². The van der Waals surface area contributed by atoms with Crippen LogP contribution in [0.25, 0.3) is 0 Å². The van der Waals surface area contributed by atoms with Gasteiger partial charge < -0.3 is 15.3 Å². The van der Waals surface area contributed by atoms with Crippen LogP contribution >= 0.6 is 0 Å². The maximum atomic E-state index is 8.48. The number of aliphatic hydroxyl groups is 3. The fraction of sp³-hybridized carbons (Fsp3) is 1.00. The molecule has 0 bridgehead atoms. The van der Waals surface area contributed by atoms with Gasteiger partial charge in [-0.15, -0.1) is 0 Å². The molecule has 0 saturated carbocycles. The summed E-state index contributed by atoms with van der Waals surface area (Å²) in [6.45, 7) is 7.87. The van der Waals surface area contributed by atoms with Crippen molar-refractivity contribution in [1.29, 1.82) is 0 Å². The van der Waals surface area contributed by atoms with E-state index in [0.717, 1.165) is 13.2 Å². The third-order valence-electron chi connectivity index (χ3n) is 2.57. The van der Waals surface area contributed by atoms with Gasteiger partial charge in [0.2, 0.25) is 0 Å². The number of aliphatic hydroxyl groups excluding tert-OH is 3. The van der Waals surface area contributed by atoms with Crippen molar-refractivity contribution < 1.29 is 41.9 Å². The third kappa shape index (κ3) is 22.9. The van der Waals surface area contributed by atoms with Crippen LogP contribution in [0.1, 0.15) is 39.5 Å². The van der Waals surface area contributed by atoms with Gasteiger partial charge in [-0.2, -0.15) is 0 Å². The molecule has 0 heterocycles. The Hall–Kier alpha value is 0.474. The summed E-state index contributed by atoms with van der Waals surface area (Å²) in [4.78, 5) is 1.79. The van der Waals surface area contributed by atoms with Gasteiger partial charge in [-0.3, -0.25) is 4.90 Å². The predicted octanol–water partition coefficient (Wildman–Crippen LogP) is 0.798. The zero-order chi connectivity index (χ0) is 16.2. The first kappa shape index (κ1) is 23.7. The van der Waals surface area contributed by atoms with Gasteiger partial charge in [0.25, 0.3) is 0 Å². The van der Waals surface area contributed by atoms with Crippen LogP contribution in [0.5, 0.6) is 0 Å². The molecule has 21 heavy (non-hydrogen) atoms. The summed E-state index contributed by atoms with van der Waals surface area (Å²) in [7, 11) is 0. The Bertz CT molecular complexity index is 155. The van der Waals surface area contributed by atoms with Crippen LogP contribution in [0.2, 0.25) is 0 Å². The number of nitrogens with zero attached hydrogens (tertiary/aromatic N) is 1. The molecule has 0 aliphatic carbocycles. The van der Waals surface area contributed by atoms with Gasteiger partial charge in [-0.05, 0) is 0 Å². The summed E-state index contributed by atoms with van der Waals surface area (Å²) < 4.78 is 10.6. The summed E-state index contributed by atoms with van der Waals surface area (Å²) >= 11 is -0.519. The van der Waals surface area contributed by atoms with Crippen molar-refractivity contribution in [2.75, 3.05) is 52.7 Å². The molecule has 128 valence electrons. The van der Waals surface area contributed by atoms with Gasteiger partial charge in [0.05, 0.1) is 19.8 Å². The predicted molar refractivity (Wildman–Crippen MR) is 79.4 cm³/mol. The standard InChI is InChI=1S/C6H15NO3.2C4H9O.Ti/c8-4-1-7(2-5-9)3-6-10;2*1-2-3-4-5;/h8-10H,1-6H2;2*2-4H2,1H3;/q;2*-1;+2. The molecule has 0 spiro atoms. The van der Waals surface area contributed by atoms with Crippen molar-refractivity contribution in [3.05, 3.63) is 0 Å². The number of rotatable bonds is 14. The molecule has 0 aromatic rings. The molecule has 0 saturated heterocycles. The SMILES string of the molecule is CCCC[O][Ti][O]CCCC.OCCN(CCO)CCO. The average molecular weight is 343 g/mol. The normalized spacial score (nSPS) is 10.4. The fourth-order valence-corrected chi connectivity index (χ4v) is 2.16. The molecule has 0 aromatic carbocycles. The topological polar surface area (TPSA) is 82.4 Å². The molecule has 0 aliphatic heterocycles. The van der Waals surface area contributed by atoms with Crippen LogP contribution in [0, 0.1) is 0 Å². The van der Waals surface area contributed by atoms with E-state index in [-0.39, 0.29) is 19.8 Å². The van der Waals surface area contributed by atoms with E-state index in [0.29, 0.717) is 19.6 Å². The Morgan fingerprint density at radius 2 is 1.14 bits per heavy atom. The summed E-state index contributed by atoms with van der Waals surface area (Å²) in [5.74, 6) is 0. The smallest absolute Gasteiger partial charge is 0.0558 e. The van der Waals surface area contributed by atoms with Crippen molar-refractivity contribution in [3.63, 3.8) is 0 Å². The minimum Gasteiger partial charge on any atom is -0.395 e. The molecule has 0 unspecified atom stereocenters. The first-order chi connectivity index (χ1) is 10.3. The van der Waals surface area contributed by atoms with E-state index in [9.17, 15) is 0 Å². The molecule has 0 rings (SSSR count). The van der Waals surface area contributed by atoms with Crippen molar-refractivity contribution >= 4 is 0 Å². The molecule has 0 aliphatic rings. The van der Waals surface area contributed by atoms with Gasteiger partial charge in [0.1, 0.15) is 0 Å². The summed E-state index contributed by atoms with van der Waals surface area (Å²) in [5.41, 5.74) is 0. The van der Waals surface area contributed by atoms with Crippen LogP contribution in [-0.2, 0) is 26.6 Å². The van der Waals surface area contributed by atoms with E-state index in [1.165, 1.54) is 25.7 Å². The fourth-order valence-electron chi connectivity index (χ4n) is 1.32. The van der Waals surface area contributed by atoms with Crippen LogP contribution in [-0.4, -0.2) is 72.9 Å². The van der Waals surface area contributed by atoms with Crippen LogP contribution in [0.4, 0.5) is 0 Å². The van der Waals surface area contributed by atoms with Gasteiger partial charge >= 0.3 is 79.3 Å². The minimum absolute atomic E-state index is 0.0694. The van der Waals surface area contributed by atoms with E-state index in [4.69, 9.17) is 22.0 Å². The summed E-state index contributed by atoms with van der Waals surface area (Å²) in [6, 6.07) is 0. The average Bonchev–Trinajstić information content (AvgIpc) is 2.48. The molecule has 0 fully saturated rings. The largest absolute Gasteiger partial charge is 0.395 e. The van der Waals surface area contributed by atoms with Gasteiger partial charge in [0, 0.05) is 19.6 Å². The Labute approximate surface area is 139 Å². The molecular weight excluding hydrogens is 310 g/mol. The first-order valence-corrected chi connectivity index (χ1v) is 9.07. The third-order valence-corrected chi connectivity index (χ3v) is 3.57. The van der Waals surface area contributed by atoms with Crippen molar-refractivity contribution in [2.24, 2.45) is 0 Å². The molecular formula is C14H33NO5Ti. The maximum Gasteiger partial charge on any atom is 0.0558 e. The van der Waals surface area contributed by atoms with Crippen molar-refractivity contribution in [1.82, 2.24) is 4.90 Å². The summed E-state index contributed by atoms with van der Waals surface area (Å²) in [5, 5.41) is 25.5. The molecule has 0 atom stereocenters. The first-order valence-electron chi connectivity index (χ1n) is 7.80. The van der Waals surface area contributed by atoms with Crippen LogP contribution in [0.15, 0.2) is 0 Å².